The highest BCUT2D eigenvalue weighted by Crippen LogP contribution is 2.36. The minimum atomic E-state index is 0.648. The normalized spacial score (nSPS) is 33.1. The molecule has 0 saturated carbocycles. The van der Waals surface area contributed by atoms with E-state index < -0.39 is 0 Å². The van der Waals surface area contributed by atoms with Gasteiger partial charge in [0.15, 0.2) is 0 Å². The zero-order valence-corrected chi connectivity index (χ0v) is 9.63. The first kappa shape index (κ1) is 10.0. The Labute approximate surface area is 96.1 Å². The largest absolute Gasteiger partial charge is 0.353 e. The number of rotatable bonds is 2. The monoisotopic (exact) mass is 218 g/mol. The maximum absolute atomic E-state index is 4.38. The van der Waals surface area contributed by atoms with E-state index in [0.717, 1.165) is 24.2 Å². The molecule has 86 valence electrons. The molecular formula is C12H18N4. The Morgan fingerprint density at radius 2 is 2.44 bits per heavy atom. The molecule has 1 aromatic rings. The van der Waals surface area contributed by atoms with Crippen molar-refractivity contribution in [2.75, 3.05) is 24.5 Å². The molecule has 1 aromatic heterocycles. The van der Waals surface area contributed by atoms with Gasteiger partial charge in [0.2, 0.25) is 0 Å². The molecule has 0 spiro atoms. The van der Waals surface area contributed by atoms with Crippen molar-refractivity contribution in [3.8, 4) is 0 Å². The average Bonchev–Trinajstić information content (AvgIpc) is 2.89. The summed E-state index contributed by atoms with van der Waals surface area (Å²) in [6.45, 7) is 5.76. The van der Waals surface area contributed by atoms with E-state index in [9.17, 15) is 0 Å². The maximum Gasteiger partial charge on any atom is 0.132 e. The molecule has 0 amide bonds. The Kier molecular flexibility index (Phi) is 2.52. The lowest BCUT2D eigenvalue weighted by Crippen LogP contribution is -2.35. The van der Waals surface area contributed by atoms with Gasteiger partial charge in [0.05, 0.1) is 0 Å². The Morgan fingerprint density at radius 3 is 3.19 bits per heavy atom. The zero-order valence-electron chi connectivity index (χ0n) is 9.63. The fraction of sp³-hybridized carbons (Fsp3) is 0.667. The fourth-order valence-electron chi connectivity index (χ4n) is 3.26. The van der Waals surface area contributed by atoms with Crippen LogP contribution in [0.15, 0.2) is 18.6 Å². The summed E-state index contributed by atoms with van der Waals surface area (Å²) in [5.41, 5.74) is 0. The lowest BCUT2D eigenvalue weighted by molar-refractivity contribution is 0.441. The van der Waals surface area contributed by atoms with Crippen molar-refractivity contribution in [2.24, 2.45) is 11.8 Å². The van der Waals surface area contributed by atoms with Crippen LogP contribution in [0.3, 0.4) is 0 Å². The van der Waals surface area contributed by atoms with Gasteiger partial charge >= 0.3 is 0 Å². The minimum Gasteiger partial charge on any atom is -0.353 e. The van der Waals surface area contributed by atoms with E-state index in [1.165, 1.54) is 19.5 Å². The molecular weight excluding hydrogens is 200 g/mol. The van der Waals surface area contributed by atoms with Crippen LogP contribution in [0.2, 0.25) is 0 Å². The van der Waals surface area contributed by atoms with Crippen molar-refractivity contribution in [1.29, 1.82) is 0 Å². The summed E-state index contributed by atoms with van der Waals surface area (Å²) in [5, 5.41) is 3.50. The molecule has 0 aromatic carbocycles. The molecule has 3 heterocycles. The van der Waals surface area contributed by atoms with E-state index >= 15 is 0 Å². The van der Waals surface area contributed by atoms with Gasteiger partial charge in [-0.15, -0.1) is 0 Å². The van der Waals surface area contributed by atoms with Gasteiger partial charge in [-0.1, -0.05) is 6.92 Å². The van der Waals surface area contributed by atoms with Crippen LogP contribution in [0.4, 0.5) is 5.82 Å². The van der Waals surface area contributed by atoms with Crippen LogP contribution in [-0.2, 0) is 0 Å². The van der Waals surface area contributed by atoms with Crippen molar-refractivity contribution in [2.45, 2.75) is 19.4 Å². The summed E-state index contributed by atoms with van der Waals surface area (Å²) < 4.78 is 0. The summed E-state index contributed by atoms with van der Waals surface area (Å²) in [5.74, 6) is 2.70. The van der Waals surface area contributed by atoms with Gasteiger partial charge in [-0.2, -0.15) is 0 Å². The number of anilines is 1. The molecule has 4 heteroatoms. The van der Waals surface area contributed by atoms with Crippen molar-refractivity contribution >= 4 is 5.82 Å². The molecule has 2 aliphatic rings. The second-order valence-corrected chi connectivity index (χ2v) is 4.78. The number of nitrogens with one attached hydrogen (secondary N) is 1. The highest BCUT2D eigenvalue weighted by Gasteiger charge is 2.43. The SMILES string of the molecule is CCC1C2CNCC2CN1c1ccncn1. The van der Waals surface area contributed by atoms with Gasteiger partial charge in [0.1, 0.15) is 12.1 Å². The highest BCUT2D eigenvalue weighted by molar-refractivity contribution is 5.41. The molecule has 4 nitrogen and oxygen atoms in total. The highest BCUT2D eigenvalue weighted by atomic mass is 15.3. The van der Waals surface area contributed by atoms with E-state index in [1.807, 2.05) is 12.3 Å². The topological polar surface area (TPSA) is 41.0 Å². The van der Waals surface area contributed by atoms with Crippen LogP contribution in [0.5, 0.6) is 0 Å². The fourth-order valence-corrected chi connectivity index (χ4v) is 3.26. The van der Waals surface area contributed by atoms with Crippen molar-refractivity contribution < 1.29 is 0 Å². The van der Waals surface area contributed by atoms with Crippen LogP contribution in [0.25, 0.3) is 0 Å². The average molecular weight is 218 g/mol. The van der Waals surface area contributed by atoms with Gasteiger partial charge in [0, 0.05) is 31.9 Å². The van der Waals surface area contributed by atoms with Crippen LogP contribution in [0.1, 0.15) is 13.3 Å². The third-order valence-electron chi connectivity index (χ3n) is 4.00. The second-order valence-electron chi connectivity index (χ2n) is 4.78. The number of hydrogen-bond donors (Lipinski definition) is 1. The Balaban J connectivity index is 1.86. The smallest absolute Gasteiger partial charge is 0.132 e. The maximum atomic E-state index is 4.38. The molecule has 3 unspecified atom stereocenters. The summed E-state index contributed by atoms with van der Waals surface area (Å²) in [4.78, 5) is 10.8. The van der Waals surface area contributed by atoms with Crippen LogP contribution in [-0.4, -0.2) is 35.6 Å². The number of fused-ring (bicyclic) bond motifs is 1. The van der Waals surface area contributed by atoms with Gasteiger partial charge in [0.25, 0.3) is 0 Å². The lowest BCUT2D eigenvalue weighted by Gasteiger charge is -2.27. The third-order valence-corrected chi connectivity index (χ3v) is 4.00. The first-order chi connectivity index (χ1) is 7.90. The lowest BCUT2D eigenvalue weighted by atomic mass is 9.93. The molecule has 3 atom stereocenters. The standard InChI is InChI=1S/C12H18N4/c1-2-11-10-6-14-5-9(10)7-16(11)12-3-4-13-8-15-12/h3-4,8-11,14H,2,5-7H2,1H3. The quantitative estimate of drug-likeness (QED) is 0.801. The van der Waals surface area contributed by atoms with E-state index in [4.69, 9.17) is 0 Å². The first-order valence-electron chi connectivity index (χ1n) is 6.13. The van der Waals surface area contributed by atoms with E-state index in [1.54, 1.807) is 6.33 Å². The Hall–Kier alpha value is -1.16. The van der Waals surface area contributed by atoms with Crippen molar-refractivity contribution in [3.63, 3.8) is 0 Å². The molecule has 2 saturated heterocycles. The van der Waals surface area contributed by atoms with Gasteiger partial charge < -0.3 is 10.2 Å². The summed E-state index contributed by atoms with van der Waals surface area (Å²) in [6, 6.07) is 2.67. The van der Waals surface area contributed by atoms with Crippen molar-refractivity contribution in [1.82, 2.24) is 15.3 Å². The molecule has 3 rings (SSSR count). The molecule has 0 aliphatic carbocycles. The molecule has 2 fully saturated rings. The van der Waals surface area contributed by atoms with Gasteiger partial charge in [-0.25, -0.2) is 9.97 Å². The van der Waals surface area contributed by atoms with Gasteiger partial charge in [-0.05, 0) is 24.3 Å². The molecule has 1 N–H and O–H groups in total. The second kappa shape index (κ2) is 4.01. The first-order valence-corrected chi connectivity index (χ1v) is 6.13. The van der Waals surface area contributed by atoms with Gasteiger partial charge in [-0.3, -0.25) is 0 Å². The van der Waals surface area contributed by atoms with E-state index in [2.05, 4.69) is 27.1 Å². The van der Waals surface area contributed by atoms with E-state index in [-0.39, 0.29) is 0 Å². The Morgan fingerprint density at radius 1 is 1.50 bits per heavy atom. The predicted octanol–water partition coefficient (Wildman–Crippen LogP) is 0.911. The van der Waals surface area contributed by atoms with Crippen LogP contribution < -0.4 is 10.2 Å². The minimum absolute atomic E-state index is 0.648. The summed E-state index contributed by atoms with van der Waals surface area (Å²) in [7, 11) is 0. The zero-order chi connectivity index (χ0) is 11.0. The summed E-state index contributed by atoms with van der Waals surface area (Å²) in [6.07, 6.45) is 4.68. The molecule has 0 radical (unpaired) electrons. The van der Waals surface area contributed by atoms with Crippen LogP contribution >= 0.6 is 0 Å². The third kappa shape index (κ3) is 1.48. The molecule has 0 bridgehead atoms. The predicted molar refractivity (Wildman–Crippen MR) is 63.3 cm³/mol. The Bertz CT molecular complexity index is 353. The number of nitrogens with zero attached hydrogens (tertiary/aromatic N) is 3. The summed E-state index contributed by atoms with van der Waals surface area (Å²) >= 11 is 0. The molecule has 2 aliphatic heterocycles. The molecule has 16 heavy (non-hydrogen) atoms. The van der Waals surface area contributed by atoms with Crippen molar-refractivity contribution in [3.05, 3.63) is 18.6 Å². The van der Waals surface area contributed by atoms with Crippen LogP contribution in [0, 0.1) is 11.8 Å². The number of aromatic nitrogens is 2. The number of hydrogen-bond acceptors (Lipinski definition) is 4. The van der Waals surface area contributed by atoms with E-state index in [0.29, 0.717) is 6.04 Å².